The Labute approximate surface area is 171 Å². The fourth-order valence-corrected chi connectivity index (χ4v) is 4.19. The molecule has 0 unspecified atom stereocenters. The highest BCUT2D eigenvalue weighted by Crippen LogP contribution is 2.27. The Bertz CT molecular complexity index is 962. The Morgan fingerprint density at radius 3 is 2.75 bits per heavy atom. The first-order valence-electron chi connectivity index (χ1n) is 9.89. The monoisotopic (exact) mass is 396 g/mol. The van der Waals surface area contributed by atoms with Crippen LogP contribution in [0.4, 0.5) is 5.13 Å². The summed E-state index contributed by atoms with van der Waals surface area (Å²) in [5, 5.41) is 3.47. The molecule has 5 heteroatoms. The maximum absolute atomic E-state index is 12.3. The van der Waals surface area contributed by atoms with E-state index in [1.807, 2.05) is 18.2 Å². The Morgan fingerprint density at radius 1 is 1.21 bits per heavy atom. The number of rotatable bonds is 8. The Balaban J connectivity index is 1.59. The molecule has 0 aliphatic rings. The van der Waals surface area contributed by atoms with Crippen molar-refractivity contribution in [1.29, 1.82) is 0 Å². The molecule has 0 spiro atoms. The molecule has 0 saturated carbocycles. The normalized spacial score (nSPS) is 11.2. The predicted octanol–water partition coefficient (Wildman–Crippen LogP) is 6.09. The van der Waals surface area contributed by atoms with Gasteiger partial charge in [-0.15, -0.1) is 0 Å². The molecule has 1 heterocycles. The average Bonchev–Trinajstić information content (AvgIpc) is 3.05. The van der Waals surface area contributed by atoms with Gasteiger partial charge in [0.25, 0.3) is 5.91 Å². The minimum absolute atomic E-state index is 0.0296. The zero-order valence-corrected chi connectivity index (χ0v) is 17.9. The molecule has 0 radical (unpaired) electrons. The minimum Gasteiger partial charge on any atom is -0.484 e. The molecule has 0 fully saturated rings. The quantitative estimate of drug-likeness (QED) is 0.501. The third-order valence-electron chi connectivity index (χ3n) is 4.75. The smallest absolute Gasteiger partial charge is 0.264 e. The average molecular weight is 397 g/mol. The number of aryl methyl sites for hydroxylation is 2. The van der Waals surface area contributed by atoms with Crippen LogP contribution in [0.15, 0.2) is 36.4 Å². The van der Waals surface area contributed by atoms with Crippen molar-refractivity contribution in [2.24, 2.45) is 0 Å². The van der Waals surface area contributed by atoms with E-state index in [1.54, 1.807) is 0 Å². The maximum Gasteiger partial charge on any atom is 0.264 e. The summed E-state index contributed by atoms with van der Waals surface area (Å²) in [4.78, 5) is 16.8. The van der Waals surface area contributed by atoms with Crippen LogP contribution in [0.25, 0.3) is 10.2 Å². The molecule has 1 amide bonds. The SMILES string of the molecule is CCCCc1ccc2nc(NC(=O)COc3ccc(C(C)C)c(C)c3)sc2c1. The molecule has 2 aromatic carbocycles. The summed E-state index contributed by atoms with van der Waals surface area (Å²) in [6.07, 6.45) is 3.44. The van der Waals surface area contributed by atoms with E-state index in [2.05, 4.69) is 56.2 Å². The van der Waals surface area contributed by atoms with Crippen molar-refractivity contribution in [3.8, 4) is 5.75 Å². The first-order valence-corrected chi connectivity index (χ1v) is 10.7. The van der Waals surface area contributed by atoms with Crippen LogP contribution >= 0.6 is 11.3 Å². The molecule has 0 aliphatic heterocycles. The van der Waals surface area contributed by atoms with E-state index in [1.165, 1.54) is 40.9 Å². The molecule has 3 rings (SSSR count). The lowest BCUT2D eigenvalue weighted by Gasteiger charge is -2.12. The third kappa shape index (κ3) is 5.10. The Hall–Kier alpha value is -2.40. The molecule has 0 saturated heterocycles. The van der Waals surface area contributed by atoms with Gasteiger partial charge in [-0.2, -0.15) is 0 Å². The van der Waals surface area contributed by atoms with E-state index in [4.69, 9.17) is 4.74 Å². The topological polar surface area (TPSA) is 51.2 Å². The van der Waals surface area contributed by atoms with Gasteiger partial charge in [-0.1, -0.05) is 50.7 Å². The van der Waals surface area contributed by atoms with Crippen molar-refractivity contribution in [3.05, 3.63) is 53.1 Å². The number of carbonyl (C=O) groups is 1. The number of benzene rings is 2. The van der Waals surface area contributed by atoms with Crippen LogP contribution in [0.3, 0.4) is 0 Å². The van der Waals surface area contributed by atoms with Gasteiger partial charge in [-0.25, -0.2) is 4.98 Å². The molecule has 28 heavy (non-hydrogen) atoms. The fraction of sp³-hybridized carbons (Fsp3) is 0.391. The van der Waals surface area contributed by atoms with Crippen LogP contribution < -0.4 is 10.1 Å². The summed E-state index contributed by atoms with van der Waals surface area (Å²) in [7, 11) is 0. The highest BCUT2D eigenvalue weighted by atomic mass is 32.1. The van der Waals surface area contributed by atoms with Gasteiger partial charge in [0.15, 0.2) is 11.7 Å². The van der Waals surface area contributed by atoms with Crippen LogP contribution in [0.5, 0.6) is 5.75 Å². The van der Waals surface area contributed by atoms with Crippen LogP contribution in [0.1, 0.15) is 56.2 Å². The zero-order valence-electron chi connectivity index (χ0n) is 17.0. The van der Waals surface area contributed by atoms with Crippen molar-refractivity contribution >= 4 is 32.6 Å². The number of amides is 1. The second-order valence-electron chi connectivity index (χ2n) is 7.43. The zero-order chi connectivity index (χ0) is 20.1. The summed E-state index contributed by atoms with van der Waals surface area (Å²) in [6.45, 7) is 8.57. The minimum atomic E-state index is -0.198. The standard InChI is InChI=1S/C23H28N2O2S/c1-5-6-7-17-8-11-20-21(13-17)28-23(24-20)25-22(26)14-27-18-9-10-19(15(2)3)16(4)12-18/h8-13,15H,5-7,14H2,1-4H3,(H,24,25,26). The highest BCUT2D eigenvalue weighted by molar-refractivity contribution is 7.22. The number of unbranched alkanes of at least 4 members (excludes halogenated alkanes) is 1. The van der Waals surface area contributed by atoms with Gasteiger partial charge in [0.2, 0.25) is 0 Å². The van der Waals surface area contributed by atoms with Gasteiger partial charge in [-0.3, -0.25) is 10.1 Å². The summed E-state index contributed by atoms with van der Waals surface area (Å²) < 4.78 is 6.76. The molecule has 0 atom stereocenters. The van der Waals surface area contributed by atoms with E-state index in [0.717, 1.165) is 16.6 Å². The van der Waals surface area contributed by atoms with Gasteiger partial charge in [0.05, 0.1) is 10.2 Å². The van der Waals surface area contributed by atoms with Crippen LogP contribution in [0, 0.1) is 6.92 Å². The molecule has 1 N–H and O–H groups in total. The summed E-state index contributed by atoms with van der Waals surface area (Å²) in [5.74, 6) is 0.983. The lowest BCUT2D eigenvalue weighted by molar-refractivity contribution is -0.118. The van der Waals surface area contributed by atoms with Gasteiger partial charge in [0.1, 0.15) is 5.75 Å². The molecule has 4 nitrogen and oxygen atoms in total. The lowest BCUT2D eigenvalue weighted by atomic mass is 9.98. The van der Waals surface area contributed by atoms with Crippen molar-refractivity contribution in [3.63, 3.8) is 0 Å². The summed E-state index contributed by atoms with van der Waals surface area (Å²) in [6, 6.07) is 12.3. The van der Waals surface area contributed by atoms with E-state index in [-0.39, 0.29) is 12.5 Å². The first-order chi connectivity index (χ1) is 13.5. The number of aromatic nitrogens is 1. The predicted molar refractivity (Wildman–Crippen MR) is 118 cm³/mol. The van der Waals surface area contributed by atoms with Crippen molar-refractivity contribution in [2.75, 3.05) is 11.9 Å². The number of anilines is 1. The molecular weight excluding hydrogens is 368 g/mol. The third-order valence-corrected chi connectivity index (χ3v) is 5.69. The number of hydrogen-bond donors (Lipinski definition) is 1. The second kappa shape index (κ2) is 9.20. The van der Waals surface area contributed by atoms with E-state index in [9.17, 15) is 4.79 Å². The largest absolute Gasteiger partial charge is 0.484 e. The van der Waals surface area contributed by atoms with Crippen LogP contribution in [-0.4, -0.2) is 17.5 Å². The second-order valence-corrected chi connectivity index (χ2v) is 8.47. The lowest BCUT2D eigenvalue weighted by Crippen LogP contribution is -2.20. The number of thiazole rings is 1. The first kappa shape index (κ1) is 20.3. The summed E-state index contributed by atoms with van der Waals surface area (Å²) in [5.41, 5.74) is 4.71. The molecule has 0 aliphatic carbocycles. The number of nitrogens with zero attached hydrogens (tertiary/aromatic N) is 1. The molecule has 148 valence electrons. The highest BCUT2D eigenvalue weighted by Gasteiger charge is 2.10. The van der Waals surface area contributed by atoms with Crippen LogP contribution in [-0.2, 0) is 11.2 Å². The number of hydrogen-bond acceptors (Lipinski definition) is 4. The molecule has 0 bridgehead atoms. The molecule has 3 aromatic rings. The van der Waals surface area contributed by atoms with Gasteiger partial charge < -0.3 is 4.74 Å². The van der Waals surface area contributed by atoms with Crippen molar-refractivity contribution in [2.45, 2.75) is 52.9 Å². The number of carbonyl (C=O) groups excluding carboxylic acids is 1. The number of nitrogens with one attached hydrogen (secondary N) is 1. The number of fused-ring (bicyclic) bond motifs is 1. The number of ether oxygens (including phenoxy) is 1. The molecular formula is C23H28N2O2S. The van der Waals surface area contributed by atoms with Crippen molar-refractivity contribution in [1.82, 2.24) is 4.98 Å². The molecule has 1 aromatic heterocycles. The Kier molecular flexibility index (Phi) is 6.68. The Morgan fingerprint density at radius 2 is 2.04 bits per heavy atom. The van der Waals surface area contributed by atoms with Gasteiger partial charge >= 0.3 is 0 Å². The van der Waals surface area contributed by atoms with Crippen molar-refractivity contribution < 1.29 is 9.53 Å². The van der Waals surface area contributed by atoms with E-state index < -0.39 is 0 Å². The van der Waals surface area contributed by atoms with Crippen LogP contribution in [0.2, 0.25) is 0 Å². The maximum atomic E-state index is 12.3. The van der Waals surface area contributed by atoms with E-state index in [0.29, 0.717) is 16.8 Å². The van der Waals surface area contributed by atoms with E-state index >= 15 is 0 Å². The fourth-order valence-electron chi connectivity index (χ4n) is 3.25. The van der Waals surface area contributed by atoms with Gasteiger partial charge in [-0.05, 0) is 66.6 Å². The van der Waals surface area contributed by atoms with Gasteiger partial charge in [0, 0.05) is 0 Å². The summed E-state index contributed by atoms with van der Waals surface area (Å²) >= 11 is 1.50.